The molecule has 4 nitrogen and oxygen atoms in total. The van der Waals surface area contributed by atoms with Crippen molar-refractivity contribution in [3.05, 3.63) is 60.7 Å². The van der Waals surface area contributed by atoms with E-state index in [0.717, 1.165) is 10.6 Å². The minimum atomic E-state index is -2.96. The molecule has 132 valence electrons. The molecule has 0 amide bonds. The largest absolute Gasteiger partial charge is 0.480 e. The number of rotatable bonds is 7. The summed E-state index contributed by atoms with van der Waals surface area (Å²) in [6.45, 7) is 5.47. The summed E-state index contributed by atoms with van der Waals surface area (Å²) in [7, 11) is -2.96. The number of aliphatic imine (C=N–C) groups is 1. The maximum atomic E-state index is 14.3. The van der Waals surface area contributed by atoms with Crippen LogP contribution in [0.4, 0.5) is 0 Å². The van der Waals surface area contributed by atoms with E-state index >= 15 is 0 Å². The van der Waals surface area contributed by atoms with E-state index in [2.05, 4.69) is 4.99 Å². The molecule has 2 rings (SSSR count). The van der Waals surface area contributed by atoms with Crippen LogP contribution in [-0.4, -0.2) is 28.5 Å². The average Bonchev–Trinajstić information content (AvgIpc) is 2.60. The van der Waals surface area contributed by atoms with Crippen LogP contribution in [0.25, 0.3) is 0 Å². The standard InChI is InChI=1S/C20H24NO3P/c1-16(21-15-19(22)23)14-20(2,3)25(24,17-10-6-4-7-11-17)18-12-8-5-9-13-18/h4-13H,14-15H2,1-3H3,(H,22,23). The minimum Gasteiger partial charge on any atom is -0.480 e. The third kappa shape index (κ3) is 4.26. The number of hydrogen-bond acceptors (Lipinski definition) is 3. The van der Waals surface area contributed by atoms with Gasteiger partial charge >= 0.3 is 5.97 Å². The van der Waals surface area contributed by atoms with E-state index in [1.54, 1.807) is 6.92 Å². The lowest BCUT2D eigenvalue weighted by atomic mass is 10.1. The number of hydrogen-bond donors (Lipinski definition) is 1. The van der Waals surface area contributed by atoms with Crippen molar-refractivity contribution in [2.24, 2.45) is 4.99 Å². The van der Waals surface area contributed by atoms with Gasteiger partial charge in [-0.1, -0.05) is 74.5 Å². The third-order valence-corrected chi connectivity index (χ3v) is 8.18. The zero-order chi connectivity index (χ0) is 18.5. The first-order chi connectivity index (χ1) is 11.8. The van der Waals surface area contributed by atoms with E-state index in [1.165, 1.54) is 0 Å². The van der Waals surface area contributed by atoms with E-state index in [4.69, 9.17) is 5.11 Å². The maximum Gasteiger partial charge on any atom is 0.325 e. The number of benzene rings is 2. The Morgan fingerprint density at radius 1 is 1.00 bits per heavy atom. The molecule has 0 fully saturated rings. The molecule has 2 aromatic carbocycles. The van der Waals surface area contributed by atoms with Crippen molar-refractivity contribution in [1.82, 2.24) is 0 Å². The minimum absolute atomic E-state index is 0.261. The van der Waals surface area contributed by atoms with Crippen LogP contribution in [0.1, 0.15) is 27.2 Å². The van der Waals surface area contributed by atoms with Gasteiger partial charge in [0.1, 0.15) is 13.7 Å². The first-order valence-corrected chi connectivity index (χ1v) is 9.91. The molecule has 0 aliphatic rings. The highest BCUT2D eigenvalue weighted by Crippen LogP contribution is 2.57. The monoisotopic (exact) mass is 357 g/mol. The topological polar surface area (TPSA) is 66.7 Å². The molecular formula is C20H24NO3P. The smallest absolute Gasteiger partial charge is 0.325 e. The number of carbonyl (C=O) groups is 1. The van der Waals surface area contributed by atoms with Crippen molar-refractivity contribution in [3.63, 3.8) is 0 Å². The first-order valence-electron chi connectivity index (χ1n) is 8.20. The number of carboxylic acid groups (broad SMARTS) is 1. The Kier molecular flexibility index (Phi) is 5.97. The molecule has 0 aliphatic carbocycles. The summed E-state index contributed by atoms with van der Waals surface area (Å²) >= 11 is 0. The Hall–Kier alpha value is -2.19. The quantitative estimate of drug-likeness (QED) is 0.607. The summed E-state index contributed by atoms with van der Waals surface area (Å²) in [6.07, 6.45) is 0.460. The summed E-state index contributed by atoms with van der Waals surface area (Å²) in [5.41, 5.74) is 0.694. The van der Waals surface area contributed by atoms with E-state index in [1.807, 2.05) is 74.5 Å². The van der Waals surface area contributed by atoms with Crippen LogP contribution in [0.15, 0.2) is 65.7 Å². The summed E-state index contributed by atoms with van der Waals surface area (Å²) < 4.78 is 14.3. The summed E-state index contributed by atoms with van der Waals surface area (Å²) in [6, 6.07) is 19.0. The Labute approximate surface area is 149 Å². The molecule has 5 heteroatoms. The lowest BCUT2D eigenvalue weighted by molar-refractivity contribution is -0.135. The highest BCUT2D eigenvalue weighted by atomic mass is 31.2. The van der Waals surface area contributed by atoms with Gasteiger partial charge in [0.2, 0.25) is 0 Å². The van der Waals surface area contributed by atoms with Crippen LogP contribution in [-0.2, 0) is 9.36 Å². The van der Waals surface area contributed by atoms with Gasteiger partial charge in [-0.25, -0.2) is 0 Å². The van der Waals surface area contributed by atoms with Crippen LogP contribution < -0.4 is 10.6 Å². The zero-order valence-electron chi connectivity index (χ0n) is 14.8. The van der Waals surface area contributed by atoms with Crippen LogP contribution in [0.2, 0.25) is 0 Å². The van der Waals surface area contributed by atoms with Crippen LogP contribution in [0.3, 0.4) is 0 Å². The van der Waals surface area contributed by atoms with Crippen molar-refractivity contribution >= 4 is 29.4 Å². The molecule has 2 aromatic rings. The van der Waals surface area contributed by atoms with Gasteiger partial charge in [-0.3, -0.25) is 9.79 Å². The van der Waals surface area contributed by atoms with Crippen LogP contribution in [0, 0.1) is 0 Å². The molecular weight excluding hydrogens is 333 g/mol. The fourth-order valence-electron chi connectivity index (χ4n) is 3.12. The van der Waals surface area contributed by atoms with Gasteiger partial charge in [0.05, 0.1) is 0 Å². The molecule has 25 heavy (non-hydrogen) atoms. The van der Waals surface area contributed by atoms with Crippen molar-refractivity contribution in [2.75, 3.05) is 6.54 Å². The van der Waals surface area contributed by atoms with E-state index in [0.29, 0.717) is 12.1 Å². The molecule has 1 N–H and O–H groups in total. The highest BCUT2D eigenvalue weighted by molar-refractivity contribution is 7.80. The molecule has 0 aliphatic heterocycles. The first kappa shape index (κ1) is 19.1. The van der Waals surface area contributed by atoms with Gasteiger partial charge in [0.15, 0.2) is 0 Å². The lowest BCUT2D eigenvalue weighted by Gasteiger charge is -2.35. The van der Waals surface area contributed by atoms with Crippen LogP contribution >= 0.6 is 7.14 Å². The second-order valence-electron chi connectivity index (χ2n) is 6.71. The molecule has 0 saturated carbocycles. The second kappa shape index (κ2) is 7.79. The fraction of sp³-hybridized carbons (Fsp3) is 0.300. The lowest BCUT2D eigenvalue weighted by Crippen LogP contribution is -2.34. The molecule has 0 radical (unpaired) electrons. The Morgan fingerprint density at radius 3 is 1.84 bits per heavy atom. The molecule has 0 aromatic heterocycles. The summed E-state index contributed by atoms with van der Waals surface area (Å²) in [5, 5.41) is 9.83. The Bertz CT molecular complexity index is 755. The van der Waals surface area contributed by atoms with Gasteiger partial charge in [0.25, 0.3) is 0 Å². The predicted molar refractivity (Wildman–Crippen MR) is 104 cm³/mol. The molecule has 0 unspecified atom stereocenters. The molecule has 0 spiro atoms. The van der Waals surface area contributed by atoms with Gasteiger partial charge in [-0.05, 0) is 13.3 Å². The Balaban J connectivity index is 2.50. The van der Waals surface area contributed by atoms with Crippen molar-refractivity contribution < 1.29 is 14.5 Å². The average molecular weight is 357 g/mol. The highest BCUT2D eigenvalue weighted by Gasteiger charge is 2.43. The third-order valence-electron chi connectivity index (χ3n) is 4.26. The van der Waals surface area contributed by atoms with Crippen molar-refractivity contribution in [3.8, 4) is 0 Å². The summed E-state index contributed by atoms with van der Waals surface area (Å²) in [4.78, 5) is 14.9. The van der Waals surface area contributed by atoms with E-state index < -0.39 is 18.3 Å². The Morgan fingerprint density at radius 2 is 1.44 bits per heavy atom. The second-order valence-corrected chi connectivity index (χ2v) is 10.2. The number of nitrogens with zero attached hydrogens (tertiary/aromatic N) is 1. The van der Waals surface area contributed by atoms with Crippen molar-refractivity contribution in [2.45, 2.75) is 32.3 Å². The zero-order valence-corrected chi connectivity index (χ0v) is 15.7. The van der Waals surface area contributed by atoms with E-state index in [-0.39, 0.29) is 6.54 Å². The van der Waals surface area contributed by atoms with Gasteiger partial charge in [-0.2, -0.15) is 0 Å². The molecule has 0 bridgehead atoms. The molecule has 0 atom stereocenters. The summed E-state index contributed by atoms with van der Waals surface area (Å²) in [5.74, 6) is -0.966. The number of carboxylic acids is 1. The fourth-order valence-corrected chi connectivity index (χ4v) is 6.45. The van der Waals surface area contributed by atoms with Gasteiger partial charge < -0.3 is 9.67 Å². The van der Waals surface area contributed by atoms with Gasteiger partial charge in [0, 0.05) is 21.5 Å². The van der Waals surface area contributed by atoms with E-state index in [9.17, 15) is 9.36 Å². The van der Waals surface area contributed by atoms with Crippen LogP contribution in [0.5, 0.6) is 0 Å². The number of aliphatic carboxylic acids is 1. The van der Waals surface area contributed by atoms with Gasteiger partial charge in [-0.15, -0.1) is 0 Å². The van der Waals surface area contributed by atoms with Crippen molar-refractivity contribution in [1.29, 1.82) is 0 Å². The maximum absolute atomic E-state index is 14.3. The normalized spacial score (nSPS) is 12.8. The predicted octanol–water partition coefficient (Wildman–Crippen LogP) is 3.71. The molecule has 0 saturated heterocycles. The molecule has 0 heterocycles. The SMILES string of the molecule is CC(CC(C)(C)P(=O)(c1ccccc1)c1ccccc1)=NCC(=O)O.